The first kappa shape index (κ1) is 22.4. The van der Waals surface area contributed by atoms with Gasteiger partial charge in [0.1, 0.15) is 17.1 Å². The number of hydrogen-bond donors (Lipinski definition) is 1. The van der Waals surface area contributed by atoms with Gasteiger partial charge in [-0.3, -0.25) is 9.69 Å². The van der Waals surface area contributed by atoms with E-state index in [-0.39, 0.29) is 23.7 Å². The summed E-state index contributed by atoms with van der Waals surface area (Å²) in [6, 6.07) is 18.8. The minimum absolute atomic E-state index is 0. The molecule has 158 valence electrons. The van der Waals surface area contributed by atoms with E-state index >= 15 is 0 Å². The van der Waals surface area contributed by atoms with Crippen molar-refractivity contribution in [1.29, 1.82) is 0 Å². The summed E-state index contributed by atoms with van der Waals surface area (Å²) >= 11 is 1.62. The van der Waals surface area contributed by atoms with Gasteiger partial charge in [-0.25, -0.2) is 4.79 Å². The largest absolute Gasteiger partial charge is 0.448 e. The van der Waals surface area contributed by atoms with Crippen molar-refractivity contribution >= 4 is 36.0 Å². The van der Waals surface area contributed by atoms with E-state index in [0.29, 0.717) is 11.4 Å². The van der Waals surface area contributed by atoms with Gasteiger partial charge < -0.3 is 10.5 Å². The van der Waals surface area contributed by atoms with Crippen molar-refractivity contribution in [3.63, 3.8) is 0 Å². The molecular weight excluding hydrogens is 420 g/mol. The number of ether oxygens (including phenoxy) is 1. The maximum absolute atomic E-state index is 13.4. The number of benzene rings is 2. The minimum atomic E-state index is -0.551. The van der Waals surface area contributed by atoms with Crippen molar-refractivity contribution in [1.82, 2.24) is 4.90 Å². The van der Waals surface area contributed by atoms with Crippen molar-refractivity contribution in [2.75, 3.05) is 5.75 Å². The van der Waals surface area contributed by atoms with Gasteiger partial charge in [0.05, 0.1) is 0 Å². The van der Waals surface area contributed by atoms with Crippen LogP contribution in [0, 0.1) is 0 Å². The molecule has 2 aromatic carbocycles. The van der Waals surface area contributed by atoms with E-state index in [1.807, 2.05) is 60.7 Å². The Morgan fingerprint density at radius 3 is 2.23 bits per heavy atom. The zero-order chi connectivity index (χ0) is 20.4. The molecule has 0 spiro atoms. The van der Waals surface area contributed by atoms with Crippen molar-refractivity contribution < 1.29 is 14.3 Å². The van der Waals surface area contributed by atoms with Gasteiger partial charge in [-0.15, -0.1) is 24.2 Å². The molecule has 2 unspecified atom stereocenters. The zero-order valence-electron chi connectivity index (χ0n) is 16.7. The van der Waals surface area contributed by atoms with Gasteiger partial charge in [0, 0.05) is 5.75 Å². The highest BCUT2D eigenvalue weighted by Gasteiger charge is 2.52. The first-order chi connectivity index (χ1) is 14.1. The third-order valence-corrected chi connectivity index (χ3v) is 6.62. The number of nitrogens with two attached hydrogens (primary N) is 1. The van der Waals surface area contributed by atoms with Gasteiger partial charge in [0.2, 0.25) is 5.91 Å². The van der Waals surface area contributed by atoms with E-state index in [1.165, 1.54) is 0 Å². The Bertz CT molecular complexity index is 896. The van der Waals surface area contributed by atoms with Crippen molar-refractivity contribution in [2.24, 2.45) is 5.73 Å². The van der Waals surface area contributed by atoms with Crippen LogP contribution in [-0.2, 0) is 14.3 Å². The normalized spacial score (nSPS) is 20.4. The lowest BCUT2D eigenvalue weighted by molar-refractivity contribution is -0.153. The van der Waals surface area contributed by atoms with Crippen molar-refractivity contribution in [3.05, 3.63) is 83.1 Å². The predicted octanol–water partition coefficient (Wildman–Crippen LogP) is 4.04. The summed E-state index contributed by atoms with van der Waals surface area (Å²) in [5, 5.41) is -0.183. The van der Waals surface area contributed by atoms with Crippen LogP contribution in [-0.4, -0.2) is 33.9 Å². The Kier molecular flexibility index (Phi) is 7.23. The topological polar surface area (TPSA) is 72.6 Å². The number of fused-ring (bicyclic) bond motifs is 1. The first-order valence-corrected chi connectivity index (χ1v) is 10.9. The number of esters is 1. The Morgan fingerprint density at radius 1 is 1.13 bits per heavy atom. The molecule has 7 heteroatoms. The lowest BCUT2D eigenvalue weighted by Gasteiger charge is -2.48. The second-order valence-corrected chi connectivity index (χ2v) is 8.35. The Labute approximate surface area is 187 Å². The number of carbonyl (C=O) groups excluding carboxylic acids is 2. The Balaban J connectivity index is 0.00000256. The second-order valence-electron chi connectivity index (χ2n) is 7.24. The molecule has 0 aromatic heterocycles. The van der Waals surface area contributed by atoms with E-state index in [9.17, 15) is 9.59 Å². The molecule has 1 fully saturated rings. The summed E-state index contributed by atoms with van der Waals surface area (Å²) in [5.74, 6) is 0.0253. The Hall–Kier alpha value is -2.28. The molecule has 0 aliphatic carbocycles. The van der Waals surface area contributed by atoms with Gasteiger partial charge in [-0.05, 0) is 23.1 Å². The van der Waals surface area contributed by atoms with Gasteiger partial charge in [0.25, 0.3) is 0 Å². The second kappa shape index (κ2) is 9.69. The average molecular weight is 445 g/mol. The number of rotatable bonds is 6. The van der Waals surface area contributed by atoms with Crippen LogP contribution in [0.3, 0.4) is 0 Å². The lowest BCUT2D eigenvalue weighted by Crippen LogP contribution is -2.68. The van der Waals surface area contributed by atoms with Crippen molar-refractivity contribution in [3.8, 4) is 0 Å². The molecule has 1 saturated heterocycles. The molecule has 30 heavy (non-hydrogen) atoms. The zero-order valence-corrected chi connectivity index (χ0v) is 18.3. The molecule has 2 aliphatic rings. The summed E-state index contributed by atoms with van der Waals surface area (Å²) in [6.45, 7) is 2.06. The highest BCUT2D eigenvalue weighted by molar-refractivity contribution is 8.00. The fourth-order valence-electron chi connectivity index (χ4n) is 3.81. The summed E-state index contributed by atoms with van der Waals surface area (Å²) in [5.41, 5.74) is 9.07. The van der Waals surface area contributed by atoms with Crippen LogP contribution in [0.5, 0.6) is 0 Å². The molecule has 2 aliphatic heterocycles. The Morgan fingerprint density at radius 2 is 1.70 bits per heavy atom. The van der Waals surface area contributed by atoms with E-state index in [1.54, 1.807) is 16.7 Å². The summed E-state index contributed by atoms with van der Waals surface area (Å²) in [7, 11) is 0. The maximum Gasteiger partial charge on any atom is 0.356 e. The monoisotopic (exact) mass is 444 g/mol. The van der Waals surface area contributed by atoms with E-state index in [2.05, 4.69) is 6.92 Å². The van der Waals surface area contributed by atoms with Crippen LogP contribution in [0.1, 0.15) is 37.0 Å². The third kappa shape index (κ3) is 4.13. The van der Waals surface area contributed by atoms with Gasteiger partial charge in [0.15, 0.2) is 6.10 Å². The van der Waals surface area contributed by atoms with Crippen LogP contribution < -0.4 is 5.73 Å². The lowest BCUT2D eigenvalue weighted by atomic mass is 10.00. The molecule has 2 atom stereocenters. The minimum Gasteiger partial charge on any atom is -0.448 e. The smallest absolute Gasteiger partial charge is 0.356 e. The van der Waals surface area contributed by atoms with Crippen LogP contribution in [0.4, 0.5) is 0 Å². The van der Waals surface area contributed by atoms with E-state index in [4.69, 9.17) is 10.5 Å². The number of halogens is 1. The summed E-state index contributed by atoms with van der Waals surface area (Å²) in [4.78, 5) is 27.3. The number of amides is 1. The molecule has 5 nitrogen and oxygen atoms in total. The molecule has 2 aromatic rings. The number of thioether (sulfide) groups is 1. The fraction of sp³-hybridized carbons (Fsp3) is 0.304. The van der Waals surface area contributed by atoms with Crippen LogP contribution in [0.15, 0.2) is 71.9 Å². The third-order valence-electron chi connectivity index (χ3n) is 5.26. The van der Waals surface area contributed by atoms with Crippen molar-refractivity contribution in [2.45, 2.75) is 37.3 Å². The molecule has 0 radical (unpaired) electrons. The quantitative estimate of drug-likeness (QED) is 0.537. The molecule has 4 rings (SSSR count). The standard InChI is InChI=1S/C23H24N2O3S.ClH/c1-2-9-17-14-29-22-18(24)21(26)25(22)19(17)23(27)28-20(15-10-5-3-6-11-15)16-12-7-4-8-13-16;/h3-8,10-13,18,20,22H,2,9,14,24H2,1H3;1H. The molecule has 2 N–H and O–H groups in total. The molecule has 2 heterocycles. The number of nitrogens with zero attached hydrogens (tertiary/aromatic N) is 1. The maximum atomic E-state index is 13.4. The fourth-order valence-corrected chi connectivity index (χ4v) is 5.14. The number of hydrogen-bond acceptors (Lipinski definition) is 5. The number of carbonyl (C=O) groups is 2. The highest BCUT2D eigenvalue weighted by atomic mass is 35.5. The summed E-state index contributed by atoms with van der Waals surface area (Å²) in [6.07, 6.45) is 1.11. The van der Waals surface area contributed by atoms with Gasteiger partial charge in [-0.2, -0.15) is 0 Å². The molecular formula is C23H25ClN2O3S. The SMILES string of the molecule is CCCC1=C(C(=O)OC(c2ccccc2)c2ccccc2)N2C(=O)C(N)C2SC1.Cl. The van der Waals surface area contributed by atoms with E-state index < -0.39 is 18.1 Å². The predicted molar refractivity (Wildman–Crippen MR) is 121 cm³/mol. The van der Waals surface area contributed by atoms with Crippen LogP contribution in [0.25, 0.3) is 0 Å². The number of β-lactam (4-membered cyclic amide) rings is 1. The van der Waals surface area contributed by atoms with Crippen LogP contribution >= 0.6 is 24.2 Å². The average Bonchev–Trinajstić information content (AvgIpc) is 2.77. The molecule has 0 saturated carbocycles. The molecule has 0 bridgehead atoms. The molecule has 1 amide bonds. The van der Waals surface area contributed by atoms with Gasteiger partial charge in [-0.1, -0.05) is 74.0 Å². The van der Waals surface area contributed by atoms with Crippen LogP contribution in [0.2, 0.25) is 0 Å². The van der Waals surface area contributed by atoms with Gasteiger partial charge >= 0.3 is 5.97 Å². The first-order valence-electron chi connectivity index (χ1n) is 9.85. The van der Waals surface area contributed by atoms with E-state index in [0.717, 1.165) is 29.5 Å². The summed E-state index contributed by atoms with van der Waals surface area (Å²) < 4.78 is 6.03. The highest BCUT2D eigenvalue weighted by Crippen LogP contribution is 2.41.